The van der Waals surface area contributed by atoms with Crippen LogP contribution < -0.4 is 20.5 Å². The molecule has 1 atom stereocenters. The minimum absolute atomic E-state index is 0.155. The van der Waals surface area contributed by atoms with Crippen LogP contribution in [0.3, 0.4) is 0 Å². The molecule has 1 aliphatic heterocycles. The van der Waals surface area contributed by atoms with Crippen LogP contribution in [-0.4, -0.2) is 18.6 Å². The van der Waals surface area contributed by atoms with Gasteiger partial charge in [0, 0.05) is 10.4 Å². The zero-order valence-corrected chi connectivity index (χ0v) is 14.6. The zero-order valence-electron chi connectivity index (χ0n) is 13.8. The van der Waals surface area contributed by atoms with Gasteiger partial charge in [0.2, 0.25) is 6.79 Å². The van der Waals surface area contributed by atoms with Gasteiger partial charge in [-0.25, -0.2) is 0 Å². The zero-order chi connectivity index (χ0) is 17.6. The van der Waals surface area contributed by atoms with Gasteiger partial charge in [-0.2, -0.15) is 0 Å². The Morgan fingerprint density at radius 3 is 2.88 bits per heavy atom. The fraction of sp³-hybridized carbons (Fsp3) is 0.333. The summed E-state index contributed by atoms with van der Waals surface area (Å²) in [5.41, 5.74) is 7.49. The molecule has 6 nitrogen and oxygen atoms in total. The highest BCUT2D eigenvalue weighted by Gasteiger charge is 2.27. The third-order valence-electron chi connectivity index (χ3n) is 4.62. The fourth-order valence-corrected chi connectivity index (χ4v) is 4.72. The number of rotatable bonds is 3. The third kappa shape index (κ3) is 2.84. The van der Waals surface area contributed by atoms with Crippen molar-refractivity contribution in [2.45, 2.75) is 26.2 Å². The average Bonchev–Trinajstić information content (AvgIpc) is 3.17. The van der Waals surface area contributed by atoms with E-state index in [2.05, 4.69) is 12.2 Å². The Kier molecular flexibility index (Phi) is 3.88. The molecule has 0 saturated carbocycles. The van der Waals surface area contributed by atoms with E-state index < -0.39 is 5.91 Å². The van der Waals surface area contributed by atoms with Crippen LogP contribution in [0, 0.1) is 5.92 Å². The van der Waals surface area contributed by atoms with Gasteiger partial charge in [-0.05, 0) is 48.9 Å². The molecule has 25 heavy (non-hydrogen) atoms. The van der Waals surface area contributed by atoms with E-state index in [4.69, 9.17) is 15.2 Å². The van der Waals surface area contributed by atoms with Gasteiger partial charge in [0.1, 0.15) is 5.00 Å². The second kappa shape index (κ2) is 6.07. The Morgan fingerprint density at radius 2 is 2.08 bits per heavy atom. The van der Waals surface area contributed by atoms with Crippen molar-refractivity contribution in [2.75, 3.05) is 12.1 Å². The van der Waals surface area contributed by atoms with E-state index in [1.165, 1.54) is 11.3 Å². The lowest BCUT2D eigenvalue weighted by Gasteiger charge is -2.18. The van der Waals surface area contributed by atoms with Crippen LogP contribution in [0.25, 0.3) is 0 Å². The Bertz CT molecular complexity index is 874. The lowest BCUT2D eigenvalue weighted by Crippen LogP contribution is -2.19. The van der Waals surface area contributed by atoms with Gasteiger partial charge in [0.05, 0.1) is 5.56 Å². The summed E-state index contributed by atoms with van der Waals surface area (Å²) in [6, 6.07) is 5.01. The predicted molar refractivity (Wildman–Crippen MR) is 94.5 cm³/mol. The molecule has 130 valence electrons. The number of anilines is 1. The molecule has 2 aromatic rings. The molecular weight excluding hydrogens is 340 g/mol. The van der Waals surface area contributed by atoms with Crippen molar-refractivity contribution in [1.29, 1.82) is 0 Å². The normalized spacial score (nSPS) is 17.9. The maximum atomic E-state index is 12.6. The molecule has 7 heteroatoms. The van der Waals surface area contributed by atoms with E-state index in [0.29, 0.717) is 33.5 Å². The van der Waals surface area contributed by atoms with Gasteiger partial charge in [0.15, 0.2) is 11.5 Å². The number of carbonyl (C=O) groups excluding carboxylic acids is 2. The predicted octanol–water partition coefficient (Wildman–Crippen LogP) is 2.95. The summed E-state index contributed by atoms with van der Waals surface area (Å²) in [7, 11) is 0. The molecular formula is C18H18N2O4S. The Balaban J connectivity index is 1.64. The van der Waals surface area contributed by atoms with E-state index in [1.807, 2.05) is 0 Å². The molecule has 2 amide bonds. The minimum atomic E-state index is -0.493. The third-order valence-corrected chi connectivity index (χ3v) is 5.79. The molecule has 2 aliphatic rings. The molecule has 1 aromatic carbocycles. The quantitative estimate of drug-likeness (QED) is 0.882. The van der Waals surface area contributed by atoms with E-state index in [1.54, 1.807) is 18.2 Å². The van der Waals surface area contributed by atoms with Crippen LogP contribution in [0.15, 0.2) is 18.2 Å². The molecule has 4 rings (SSSR count). The number of primary amides is 1. The van der Waals surface area contributed by atoms with E-state index in [-0.39, 0.29) is 12.7 Å². The van der Waals surface area contributed by atoms with Crippen LogP contribution >= 0.6 is 11.3 Å². The molecule has 2 heterocycles. The van der Waals surface area contributed by atoms with Crippen molar-refractivity contribution in [1.82, 2.24) is 0 Å². The topological polar surface area (TPSA) is 90.7 Å². The van der Waals surface area contributed by atoms with Gasteiger partial charge < -0.3 is 20.5 Å². The van der Waals surface area contributed by atoms with Gasteiger partial charge in [-0.1, -0.05) is 6.92 Å². The Hall–Kier alpha value is -2.54. The molecule has 0 spiro atoms. The summed E-state index contributed by atoms with van der Waals surface area (Å²) in [6.07, 6.45) is 2.77. The number of carbonyl (C=O) groups is 2. The number of benzene rings is 1. The number of thiophene rings is 1. The van der Waals surface area contributed by atoms with Crippen molar-refractivity contribution in [3.05, 3.63) is 39.8 Å². The van der Waals surface area contributed by atoms with Crippen molar-refractivity contribution in [3.63, 3.8) is 0 Å². The first-order chi connectivity index (χ1) is 12.0. The van der Waals surface area contributed by atoms with Gasteiger partial charge in [0.25, 0.3) is 11.8 Å². The largest absolute Gasteiger partial charge is 0.454 e. The van der Waals surface area contributed by atoms with Crippen LogP contribution in [0.2, 0.25) is 0 Å². The summed E-state index contributed by atoms with van der Waals surface area (Å²) < 4.78 is 10.6. The lowest BCUT2D eigenvalue weighted by molar-refractivity contribution is 0.1000. The number of amides is 2. The van der Waals surface area contributed by atoms with Gasteiger partial charge >= 0.3 is 0 Å². The van der Waals surface area contributed by atoms with E-state index in [0.717, 1.165) is 29.7 Å². The lowest BCUT2D eigenvalue weighted by atomic mass is 9.88. The first kappa shape index (κ1) is 16.0. The first-order valence-corrected chi connectivity index (χ1v) is 9.00. The van der Waals surface area contributed by atoms with Crippen molar-refractivity contribution >= 4 is 28.2 Å². The highest BCUT2D eigenvalue weighted by atomic mass is 32.1. The maximum Gasteiger partial charge on any atom is 0.256 e. The molecule has 0 bridgehead atoms. The van der Waals surface area contributed by atoms with E-state index in [9.17, 15) is 9.59 Å². The summed E-state index contributed by atoms with van der Waals surface area (Å²) >= 11 is 1.45. The number of hydrogen-bond acceptors (Lipinski definition) is 5. The van der Waals surface area contributed by atoms with Crippen LogP contribution in [0.5, 0.6) is 11.5 Å². The first-order valence-electron chi connectivity index (χ1n) is 8.18. The second-order valence-corrected chi connectivity index (χ2v) is 7.55. The second-order valence-electron chi connectivity index (χ2n) is 6.44. The molecule has 3 N–H and O–H groups in total. The molecule has 1 aliphatic carbocycles. The standard InChI is InChI=1S/C18H18N2O4S/c1-9-2-4-11-14(6-9)25-18(15(11)16(19)21)20-17(22)10-3-5-12-13(7-10)24-8-23-12/h3,5,7,9H,2,4,6,8H2,1H3,(H2,19,21)(H,20,22). The summed E-state index contributed by atoms with van der Waals surface area (Å²) in [4.78, 5) is 25.7. The summed E-state index contributed by atoms with van der Waals surface area (Å²) in [5.74, 6) is 0.946. The van der Waals surface area contributed by atoms with Gasteiger partial charge in [-0.3, -0.25) is 9.59 Å². The maximum absolute atomic E-state index is 12.6. The smallest absolute Gasteiger partial charge is 0.256 e. The number of nitrogens with one attached hydrogen (secondary N) is 1. The number of ether oxygens (including phenoxy) is 2. The molecule has 1 unspecified atom stereocenters. The average molecular weight is 358 g/mol. The minimum Gasteiger partial charge on any atom is -0.454 e. The molecule has 1 aromatic heterocycles. The van der Waals surface area contributed by atoms with E-state index >= 15 is 0 Å². The van der Waals surface area contributed by atoms with Crippen LogP contribution in [-0.2, 0) is 12.8 Å². The highest BCUT2D eigenvalue weighted by Crippen LogP contribution is 2.40. The van der Waals surface area contributed by atoms with Crippen molar-refractivity contribution in [3.8, 4) is 11.5 Å². The molecule has 0 saturated heterocycles. The summed E-state index contributed by atoms with van der Waals surface area (Å²) in [5, 5.41) is 3.39. The molecule has 0 fully saturated rings. The Morgan fingerprint density at radius 1 is 1.28 bits per heavy atom. The SMILES string of the molecule is CC1CCc2c(sc(NC(=O)c3ccc4c(c3)OCO4)c2C(N)=O)C1. The number of hydrogen-bond donors (Lipinski definition) is 2. The highest BCUT2D eigenvalue weighted by molar-refractivity contribution is 7.17. The van der Waals surface area contributed by atoms with Crippen LogP contribution in [0.1, 0.15) is 44.5 Å². The number of fused-ring (bicyclic) bond motifs is 2. The van der Waals surface area contributed by atoms with Crippen molar-refractivity contribution in [2.24, 2.45) is 11.7 Å². The van der Waals surface area contributed by atoms with Crippen molar-refractivity contribution < 1.29 is 19.1 Å². The molecule has 0 radical (unpaired) electrons. The number of nitrogens with two attached hydrogens (primary N) is 1. The van der Waals surface area contributed by atoms with Crippen LogP contribution in [0.4, 0.5) is 5.00 Å². The Labute approximate surface area is 148 Å². The monoisotopic (exact) mass is 358 g/mol. The summed E-state index contributed by atoms with van der Waals surface area (Å²) in [6.45, 7) is 2.35. The van der Waals surface area contributed by atoms with Gasteiger partial charge in [-0.15, -0.1) is 11.3 Å². The fourth-order valence-electron chi connectivity index (χ4n) is 3.31.